The predicted molar refractivity (Wildman–Crippen MR) is 185 cm³/mol. The number of rotatable bonds is 8. The first-order valence-corrected chi connectivity index (χ1v) is 15.0. The molecule has 0 radical (unpaired) electrons. The maximum atomic E-state index is 13.2. The van der Waals surface area contributed by atoms with Crippen LogP contribution in [-0.2, 0) is 0 Å². The lowest BCUT2D eigenvalue weighted by atomic mass is 10.3. The number of anilines is 4. The smallest absolute Gasteiger partial charge is 0.271 e. The molecular weight excluding hydrogens is 686 g/mol. The number of benzene rings is 2. The number of amides is 2. The normalized spacial score (nSPS) is 10.1. The molecule has 0 atom stereocenters. The maximum Gasteiger partial charge on any atom is 0.271 e. The average Bonchev–Trinajstić information content (AvgIpc) is 3.05. The minimum atomic E-state index is -0.750. The maximum absolute atomic E-state index is 13.2. The second kappa shape index (κ2) is 17.5. The number of aromatic hydroxyl groups is 1. The fourth-order valence-electron chi connectivity index (χ4n) is 3.97. The van der Waals surface area contributed by atoms with Gasteiger partial charge in [0.1, 0.15) is 34.8 Å². The van der Waals surface area contributed by atoms with Crippen molar-refractivity contribution in [2.75, 3.05) is 10.6 Å². The molecule has 0 spiro atoms. The highest BCUT2D eigenvalue weighted by Crippen LogP contribution is 2.26. The van der Waals surface area contributed by atoms with Gasteiger partial charge in [-0.1, -0.05) is 35.9 Å². The standard InChI is InChI=1S/C17H14FN5O2.C11H10ClN5O.C6H5FO/c1-10-4-2-7-14(20-10)21-13-9-15(22-23-16(13)17(19)24)25-12-6-3-5-11(18)8-12;1-6-3-2-4-9(14-6)15-7-5-8(12)16-17-10(7)11(13)18;7-5-2-1-3-6(8)4-5/h2-9H,1H3,(H2,19,24)(H,20,21,22);2-5H,1H3,(H2,13,18)(H,14,15,16);1-4,8H. The third-order valence-corrected chi connectivity index (χ3v) is 6.32. The number of phenolic OH excluding ortho intramolecular Hbond substituents is 1. The van der Waals surface area contributed by atoms with Gasteiger partial charge in [-0.2, -0.15) is 0 Å². The van der Waals surface area contributed by atoms with Gasteiger partial charge in [-0.3, -0.25) is 9.59 Å². The first kappa shape index (κ1) is 37.0. The first-order chi connectivity index (χ1) is 24.4. The van der Waals surface area contributed by atoms with Crippen LogP contribution in [0, 0.1) is 25.5 Å². The molecule has 2 aromatic carbocycles. The van der Waals surface area contributed by atoms with Gasteiger partial charge in [-0.05, 0) is 62.4 Å². The van der Waals surface area contributed by atoms with E-state index in [1.807, 2.05) is 38.1 Å². The van der Waals surface area contributed by atoms with Crippen LogP contribution >= 0.6 is 11.6 Å². The summed E-state index contributed by atoms with van der Waals surface area (Å²) in [7, 11) is 0. The molecule has 4 aromatic heterocycles. The number of hydrogen-bond acceptors (Lipinski definition) is 12. The van der Waals surface area contributed by atoms with Crippen LogP contribution in [0.1, 0.15) is 32.4 Å². The summed E-state index contributed by atoms with van der Waals surface area (Å²) in [5.74, 6) is -0.925. The van der Waals surface area contributed by atoms with Crippen molar-refractivity contribution in [2.45, 2.75) is 13.8 Å². The second-order valence-corrected chi connectivity index (χ2v) is 10.6. The van der Waals surface area contributed by atoms with Gasteiger partial charge in [0.15, 0.2) is 16.5 Å². The molecule has 0 aliphatic rings. The molecule has 0 bridgehead atoms. The van der Waals surface area contributed by atoms with Crippen LogP contribution in [0.2, 0.25) is 5.15 Å². The van der Waals surface area contributed by atoms with Crippen molar-refractivity contribution in [3.63, 3.8) is 0 Å². The Morgan fingerprint density at radius 2 is 1.20 bits per heavy atom. The Morgan fingerprint density at radius 1 is 0.686 bits per heavy atom. The minimum Gasteiger partial charge on any atom is -0.508 e. The number of nitrogens with one attached hydrogen (secondary N) is 2. The number of hydrogen-bond donors (Lipinski definition) is 5. The van der Waals surface area contributed by atoms with Crippen LogP contribution in [-0.4, -0.2) is 47.3 Å². The Kier molecular flexibility index (Phi) is 12.7. The minimum absolute atomic E-state index is 0.0164. The fraction of sp³-hybridized carbons (Fsp3) is 0.0588. The van der Waals surface area contributed by atoms with Crippen LogP contribution in [0.15, 0.2) is 97.1 Å². The molecule has 260 valence electrons. The van der Waals surface area contributed by atoms with E-state index in [0.29, 0.717) is 17.3 Å². The molecule has 4 heterocycles. The molecule has 6 aromatic rings. The van der Waals surface area contributed by atoms with Gasteiger partial charge in [0.25, 0.3) is 11.8 Å². The third kappa shape index (κ3) is 11.7. The number of ether oxygens (including phenoxy) is 1. The Hall–Kier alpha value is -6.81. The van der Waals surface area contributed by atoms with Crippen LogP contribution < -0.4 is 26.8 Å². The molecule has 0 aliphatic carbocycles. The van der Waals surface area contributed by atoms with Gasteiger partial charge in [0, 0.05) is 35.7 Å². The zero-order valence-corrected chi connectivity index (χ0v) is 27.6. The number of carbonyl (C=O) groups is 2. The van der Waals surface area contributed by atoms with Crippen molar-refractivity contribution in [3.8, 4) is 17.4 Å². The summed E-state index contributed by atoms with van der Waals surface area (Å²) in [6.07, 6.45) is 0. The second-order valence-electron chi connectivity index (χ2n) is 10.2. The molecule has 7 N–H and O–H groups in total. The Bertz CT molecular complexity index is 2140. The van der Waals surface area contributed by atoms with Gasteiger partial charge < -0.3 is 31.9 Å². The lowest BCUT2D eigenvalue weighted by Gasteiger charge is -2.11. The third-order valence-electron chi connectivity index (χ3n) is 6.13. The van der Waals surface area contributed by atoms with E-state index < -0.39 is 23.4 Å². The molecule has 17 heteroatoms. The number of nitrogens with two attached hydrogens (primary N) is 2. The van der Waals surface area contributed by atoms with Crippen LogP contribution in [0.4, 0.5) is 31.8 Å². The van der Waals surface area contributed by atoms with E-state index in [-0.39, 0.29) is 39.6 Å². The number of aryl methyl sites for hydroxylation is 2. The lowest BCUT2D eigenvalue weighted by Crippen LogP contribution is -2.16. The highest BCUT2D eigenvalue weighted by atomic mass is 35.5. The van der Waals surface area contributed by atoms with E-state index in [0.717, 1.165) is 17.5 Å². The molecule has 6 rings (SSSR count). The van der Waals surface area contributed by atoms with E-state index in [9.17, 15) is 18.4 Å². The summed E-state index contributed by atoms with van der Waals surface area (Å²) in [5.41, 5.74) is 12.8. The van der Waals surface area contributed by atoms with Crippen LogP contribution in [0.5, 0.6) is 17.4 Å². The first-order valence-electron chi connectivity index (χ1n) is 14.7. The monoisotopic (exact) mass is 714 g/mol. The van der Waals surface area contributed by atoms with Gasteiger partial charge in [0.05, 0.1) is 11.4 Å². The number of carbonyl (C=O) groups excluding carboxylic acids is 2. The summed E-state index contributed by atoms with van der Waals surface area (Å²) >= 11 is 5.73. The van der Waals surface area contributed by atoms with Crippen LogP contribution in [0.25, 0.3) is 0 Å². The number of pyridine rings is 2. The van der Waals surface area contributed by atoms with Crippen molar-refractivity contribution in [2.24, 2.45) is 11.5 Å². The van der Waals surface area contributed by atoms with Crippen molar-refractivity contribution in [1.82, 2.24) is 30.4 Å². The summed E-state index contributed by atoms with van der Waals surface area (Å²) in [6.45, 7) is 3.70. The Labute approximate surface area is 294 Å². The number of phenols is 1. The molecule has 2 amide bonds. The summed E-state index contributed by atoms with van der Waals surface area (Å²) < 4.78 is 30.7. The quantitative estimate of drug-likeness (QED) is 0.120. The fourth-order valence-corrected chi connectivity index (χ4v) is 4.12. The molecular formula is C34H29ClF2N10O4. The van der Waals surface area contributed by atoms with Crippen molar-refractivity contribution in [1.29, 1.82) is 0 Å². The molecule has 0 fully saturated rings. The van der Waals surface area contributed by atoms with Crippen molar-refractivity contribution < 1.29 is 28.2 Å². The lowest BCUT2D eigenvalue weighted by molar-refractivity contribution is 0.0987. The number of aromatic nitrogens is 6. The summed E-state index contributed by atoms with van der Waals surface area (Å²) in [6, 6.07) is 24.5. The molecule has 0 saturated heterocycles. The molecule has 0 saturated carbocycles. The van der Waals surface area contributed by atoms with Crippen LogP contribution in [0.3, 0.4) is 0 Å². The predicted octanol–water partition coefficient (Wildman–Crippen LogP) is 6.16. The van der Waals surface area contributed by atoms with Gasteiger partial charge in [0.2, 0.25) is 5.88 Å². The summed E-state index contributed by atoms with van der Waals surface area (Å²) in [5, 5.41) is 29.4. The largest absolute Gasteiger partial charge is 0.508 e. The Balaban J connectivity index is 0.000000194. The highest BCUT2D eigenvalue weighted by molar-refractivity contribution is 6.29. The van der Waals surface area contributed by atoms with E-state index in [1.165, 1.54) is 48.5 Å². The number of halogens is 3. The van der Waals surface area contributed by atoms with Gasteiger partial charge >= 0.3 is 0 Å². The highest BCUT2D eigenvalue weighted by Gasteiger charge is 2.15. The molecule has 51 heavy (non-hydrogen) atoms. The van der Waals surface area contributed by atoms with Crippen molar-refractivity contribution in [3.05, 3.63) is 137 Å². The molecule has 0 unspecified atom stereocenters. The zero-order valence-electron chi connectivity index (χ0n) is 26.9. The topological polar surface area (TPSA) is 217 Å². The van der Waals surface area contributed by atoms with Gasteiger partial charge in [-0.25, -0.2) is 18.7 Å². The Morgan fingerprint density at radius 3 is 1.69 bits per heavy atom. The SMILES string of the molecule is Cc1cccc(Nc2cc(Cl)nnc2C(N)=O)n1.Cc1cccc(Nc2cc(Oc3cccc(F)c3)nnc2C(N)=O)n1.Oc1cccc(F)c1. The van der Waals surface area contributed by atoms with Gasteiger partial charge in [-0.15, -0.1) is 20.4 Å². The number of primary amides is 2. The average molecular weight is 715 g/mol. The zero-order chi connectivity index (χ0) is 36.9. The van der Waals surface area contributed by atoms with E-state index >= 15 is 0 Å². The van der Waals surface area contributed by atoms with E-state index in [1.54, 1.807) is 18.2 Å². The molecule has 14 nitrogen and oxygen atoms in total. The van der Waals surface area contributed by atoms with E-state index in [2.05, 4.69) is 41.0 Å². The molecule has 0 aliphatic heterocycles. The summed E-state index contributed by atoms with van der Waals surface area (Å²) in [4.78, 5) is 31.3. The van der Waals surface area contributed by atoms with Crippen molar-refractivity contribution >= 4 is 46.4 Å². The number of nitrogens with zero attached hydrogens (tertiary/aromatic N) is 6. The van der Waals surface area contributed by atoms with E-state index in [4.69, 9.17) is 32.9 Å².